The van der Waals surface area contributed by atoms with Gasteiger partial charge in [0.15, 0.2) is 6.10 Å². The van der Waals surface area contributed by atoms with Gasteiger partial charge in [0.2, 0.25) is 0 Å². The number of carboxylic acid groups (broad SMARTS) is 1. The zero-order chi connectivity index (χ0) is 27.9. The predicted octanol–water partition coefficient (Wildman–Crippen LogP) is 8.07. The molecule has 0 bridgehead atoms. The second kappa shape index (κ2) is 12.4. The third kappa shape index (κ3) is 8.32. The summed E-state index contributed by atoms with van der Waals surface area (Å²) in [4.78, 5) is 11.3. The minimum Gasteiger partial charge on any atom is -0.490 e. The van der Waals surface area contributed by atoms with E-state index >= 15 is 0 Å². The molecule has 0 spiro atoms. The number of benzene rings is 3. The van der Waals surface area contributed by atoms with E-state index in [9.17, 15) is 9.90 Å². The van der Waals surface area contributed by atoms with Crippen molar-refractivity contribution in [1.82, 2.24) is 0 Å². The molecule has 38 heavy (non-hydrogen) atoms. The van der Waals surface area contributed by atoms with Crippen molar-refractivity contribution in [2.45, 2.75) is 71.8 Å². The van der Waals surface area contributed by atoms with Gasteiger partial charge in [-0.3, -0.25) is 0 Å². The van der Waals surface area contributed by atoms with E-state index in [1.807, 2.05) is 30.3 Å². The van der Waals surface area contributed by atoms with Gasteiger partial charge < -0.3 is 14.6 Å². The zero-order valence-corrected chi connectivity index (χ0v) is 23.9. The molecule has 1 atom stereocenters. The van der Waals surface area contributed by atoms with Gasteiger partial charge in [-0.05, 0) is 69.3 Å². The highest BCUT2D eigenvalue weighted by Crippen LogP contribution is 2.34. The summed E-state index contributed by atoms with van der Waals surface area (Å²) in [6.45, 7) is 16.2. The van der Waals surface area contributed by atoms with Gasteiger partial charge in [0.05, 0.1) is 0 Å². The van der Waals surface area contributed by atoms with Gasteiger partial charge in [-0.15, -0.1) is 0 Å². The van der Waals surface area contributed by atoms with E-state index in [2.05, 4.69) is 90.1 Å². The maximum atomic E-state index is 11.3. The average Bonchev–Trinajstić information content (AvgIpc) is 2.86. The smallest absolute Gasteiger partial charge is 0.333 e. The fourth-order valence-corrected chi connectivity index (χ4v) is 4.13. The van der Waals surface area contributed by atoms with Gasteiger partial charge >= 0.3 is 5.97 Å². The molecule has 0 radical (unpaired) electrons. The monoisotopic (exact) mass is 514 g/mol. The van der Waals surface area contributed by atoms with Crippen molar-refractivity contribution in [1.29, 1.82) is 0 Å². The molecule has 0 fully saturated rings. The van der Waals surface area contributed by atoms with E-state index in [1.54, 1.807) is 6.92 Å². The molecule has 0 aliphatic heterocycles. The van der Waals surface area contributed by atoms with Crippen molar-refractivity contribution in [2.24, 2.45) is 0 Å². The van der Waals surface area contributed by atoms with Crippen LogP contribution in [0.4, 0.5) is 0 Å². The Morgan fingerprint density at radius 1 is 0.842 bits per heavy atom. The number of carboxylic acids is 1. The van der Waals surface area contributed by atoms with Crippen molar-refractivity contribution in [2.75, 3.05) is 13.2 Å². The Labute approximate surface area is 228 Å². The minimum absolute atomic E-state index is 0.0867. The average molecular weight is 515 g/mol. The molecule has 3 aromatic rings. The molecule has 0 heterocycles. The number of aliphatic carboxylic acids is 1. The van der Waals surface area contributed by atoms with Crippen LogP contribution in [-0.4, -0.2) is 30.4 Å². The van der Waals surface area contributed by atoms with Crippen LogP contribution in [0.5, 0.6) is 5.75 Å². The number of hydrogen-bond acceptors (Lipinski definition) is 3. The maximum Gasteiger partial charge on any atom is 0.333 e. The van der Waals surface area contributed by atoms with Crippen molar-refractivity contribution in [3.05, 3.63) is 95.1 Å². The molecule has 0 aliphatic carbocycles. The van der Waals surface area contributed by atoms with Crippen LogP contribution >= 0.6 is 0 Å². The second-order valence-corrected chi connectivity index (χ2v) is 11.8. The van der Waals surface area contributed by atoms with Crippen molar-refractivity contribution < 1.29 is 19.4 Å². The third-order valence-corrected chi connectivity index (χ3v) is 6.55. The lowest BCUT2D eigenvalue weighted by Gasteiger charge is -2.26. The first kappa shape index (κ1) is 29.2. The predicted molar refractivity (Wildman–Crippen MR) is 157 cm³/mol. The number of ether oxygens (including phenoxy) is 2. The van der Waals surface area contributed by atoms with Gasteiger partial charge in [0.25, 0.3) is 0 Å². The van der Waals surface area contributed by atoms with Crippen molar-refractivity contribution in [3.63, 3.8) is 0 Å². The van der Waals surface area contributed by atoms with E-state index in [-0.39, 0.29) is 10.8 Å². The standard InChI is InChI=1S/C34H42O4/c1-8-37-31(32(35)36)20-25-13-17-30(18-14-25)38-19-9-10-24-11-15-26(16-12-24)27-21-28(33(2,3)4)23-29(22-27)34(5,6)7/h9-18,21-23,31H,8,19-20H2,1-7H3,(H,35,36)/b10-9+/t31-/m0/s1. The van der Waals surface area contributed by atoms with Crippen LogP contribution in [0, 0.1) is 0 Å². The Kier molecular flexibility index (Phi) is 9.56. The normalized spacial score (nSPS) is 13.0. The summed E-state index contributed by atoms with van der Waals surface area (Å²) >= 11 is 0. The molecule has 4 heteroatoms. The van der Waals surface area contributed by atoms with Crippen molar-refractivity contribution >= 4 is 12.0 Å². The lowest BCUT2D eigenvalue weighted by Crippen LogP contribution is -2.26. The maximum absolute atomic E-state index is 11.3. The Morgan fingerprint density at radius 3 is 1.92 bits per heavy atom. The van der Waals surface area contributed by atoms with E-state index in [0.717, 1.165) is 16.9 Å². The summed E-state index contributed by atoms with van der Waals surface area (Å²) in [7, 11) is 0. The summed E-state index contributed by atoms with van der Waals surface area (Å²) in [5.41, 5.74) is 7.36. The van der Waals surface area contributed by atoms with Crippen LogP contribution < -0.4 is 4.74 Å². The SMILES string of the molecule is CCO[C@@H](Cc1ccc(OC/C=C/c2ccc(-c3cc(C(C)(C)C)cc(C(C)(C)C)c3)cc2)cc1)C(=O)O. The summed E-state index contributed by atoms with van der Waals surface area (Å²) in [6, 6.07) is 23.1. The molecule has 3 rings (SSSR count). The second-order valence-electron chi connectivity index (χ2n) is 11.8. The minimum atomic E-state index is -0.946. The van der Waals surface area contributed by atoms with Crippen LogP contribution in [0.2, 0.25) is 0 Å². The van der Waals surface area contributed by atoms with Gasteiger partial charge in [-0.1, -0.05) is 102 Å². The lowest BCUT2D eigenvalue weighted by atomic mass is 9.79. The highest BCUT2D eigenvalue weighted by Gasteiger charge is 2.21. The lowest BCUT2D eigenvalue weighted by molar-refractivity contribution is -0.149. The summed E-state index contributed by atoms with van der Waals surface area (Å²) < 4.78 is 11.1. The van der Waals surface area contributed by atoms with Crippen LogP contribution in [0.25, 0.3) is 17.2 Å². The van der Waals surface area contributed by atoms with E-state index < -0.39 is 12.1 Å². The zero-order valence-electron chi connectivity index (χ0n) is 23.9. The largest absolute Gasteiger partial charge is 0.490 e. The number of carbonyl (C=O) groups is 1. The van der Waals surface area contributed by atoms with Gasteiger partial charge in [0.1, 0.15) is 12.4 Å². The highest BCUT2D eigenvalue weighted by molar-refractivity contribution is 5.72. The molecule has 0 aliphatic rings. The molecular formula is C34H42O4. The Bertz CT molecular complexity index is 1190. The van der Waals surface area contributed by atoms with Crippen LogP contribution in [0.3, 0.4) is 0 Å². The molecule has 0 saturated heterocycles. The molecule has 4 nitrogen and oxygen atoms in total. The quantitative estimate of drug-likeness (QED) is 0.297. The number of hydrogen-bond donors (Lipinski definition) is 1. The first-order valence-electron chi connectivity index (χ1n) is 13.4. The van der Waals surface area contributed by atoms with E-state index in [0.29, 0.717) is 19.6 Å². The summed E-state index contributed by atoms with van der Waals surface area (Å²) in [5.74, 6) is -0.205. The summed E-state index contributed by atoms with van der Waals surface area (Å²) in [6.07, 6.45) is 3.56. The van der Waals surface area contributed by atoms with Crippen LogP contribution in [0.15, 0.2) is 72.8 Å². The fourth-order valence-electron chi connectivity index (χ4n) is 4.13. The van der Waals surface area contributed by atoms with Gasteiger partial charge in [-0.2, -0.15) is 0 Å². The topological polar surface area (TPSA) is 55.8 Å². The van der Waals surface area contributed by atoms with Crippen LogP contribution in [0.1, 0.15) is 70.7 Å². The molecule has 0 unspecified atom stereocenters. The Hall–Kier alpha value is -3.37. The van der Waals surface area contributed by atoms with Crippen LogP contribution in [-0.2, 0) is 26.8 Å². The van der Waals surface area contributed by atoms with Gasteiger partial charge in [0, 0.05) is 13.0 Å². The summed E-state index contributed by atoms with van der Waals surface area (Å²) in [5, 5.41) is 9.25. The molecule has 0 saturated carbocycles. The van der Waals surface area contributed by atoms with E-state index in [1.165, 1.54) is 22.3 Å². The first-order chi connectivity index (χ1) is 17.9. The Morgan fingerprint density at radius 2 is 1.42 bits per heavy atom. The van der Waals surface area contributed by atoms with Crippen molar-refractivity contribution in [3.8, 4) is 16.9 Å². The third-order valence-electron chi connectivity index (χ3n) is 6.55. The fraction of sp³-hybridized carbons (Fsp3) is 0.382. The molecule has 202 valence electrons. The molecule has 1 N–H and O–H groups in total. The first-order valence-corrected chi connectivity index (χ1v) is 13.4. The highest BCUT2D eigenvalue weighted by atomic mass is 16.5. The van der Waals surface area contributed by atoms with Gasteiger partial charge in [-0.25, -0.2) is 4.79 Å². The number of rotatable bonds is 10. The molecule has 3 aromatic carbocycles. The Balaban J connectivity index is 1.62. The molecular weight excluding hydrogens is 472 g/mol. The molecule has 0 aromatic heterocycles. The van der Waals surface area contributed by atoms with E-state index in [4.69, 9.17) is 9.47 Å². The molecule has 0 amide bonds.